The third-order valence-electron chi connectivity index (χ3n) is 3.57. The van der Waals surface area contributed by atoms with Gasteiger partial charge in [-0.2, -0.15) is 0 Å². The summed E-state index contributed by atoms with van der Waals surface area (Å²) in [5, 5.41) is 0. The molecule has 1 aromatic carbocycles. The molecule has 102 valence electrons. The second kappa shape index (κ2) is 5.09. The van der Waals surface area contributed by atoms with E-state index in [9.17, 15) is 4.79 Å². The molecule has 1 amide bonds. The van der Waals surface area contributed by atoms with Gasteiger partial charge in [-0.1, -0.05) is 12.1 Å². The van der Waals surface area contributed by atoms with Gasteiger partial charge in [0.15, 0.2) is 11.5 Å². The van der Waals surface area contributed by atoms with Crippen molar-refractivity contribution >= 4 is 5.91 Å². The second-order valence-corrected chi connectivity index (χ2v) is 4.79. The number of carbonyl (C=O) groups is 1. The molecule has 2 atom stereocenters. The van der Waals surface area contributed by atoms with Gasteiger partial charge in [0.25, 0.3) is 5.91 Å². The molecule has 3 rings (SSSR count). The molecule has 1 saturated heterocycles. The van der Waals surface area contributed by atoms with Crippen LogP contribution in [0.15, 0.2) is 24.3 Å². The summed E-state index contributed by atoms with van der Waals surface area (Å²) in [7, 11) is 1.68. The Balaban J connectivity index is 1.66. The van der Waals surface area contributed by atoms with Crippen LogP contribution in [0, 0.1) is 0 Å². The molecule has 1 aromatic rings. The Labute approximate surface area is 112 Å². The van der Waals surface area contributed by atoms with E-state index in [0.717, 1.165) is 13.0 Å². The molecule has 2 unspecified atom stereocenters. The van der Waals surface area contributed by atoms with Gasteiger partial charge in [0.1, 0.15) is 6.61 Å². The average Bonchev–Trinajstić information content (AvgIpc) is 2.95. The summed E-state index contributed by atoms with van der Waals surface area (Å²) in [5.41, 5.74) is 0. The van der Waals surface area contributed by atoms with E-state index in [1.165, 1.54) is 0 Å². The van der Waals surface area contributed by atoms with Gasteiger partial charge < -0.3 is 19.1 Å². The van der Waals surface area contributed by atoms with E-state index in [4.69, 9.17) is 14.2 Å². The predicted octanol–water partition coefficient (Wildman–Crippen LogP) is 1.07. The maximum absolute atomic E-state index is 12.3. The van der Waals surface area contributed by atoms with Crippen molar-refractivity contribution in [1.82, 2.24) is 4.90 Å². The van der Waals surface area contributed by atoms with Crippen molar-refractivity contribution < 1.29 is 19.0 Å². The zero-order valence-electron chi connectivity index (χ0n) is 10.9. The Morgan fingerprint density at radius 1 is 1.37 bits per heavy atom. The fourth-order valence-corrected chi connectivity index (χ4v) is 2.47. The second-order valence-electron chi connectivity index (χ2n) is 4.79. The van der Waals surface area contributed by atoms with Crippen LogP contribution in [0.4, 0.5) is 0 Å². The molecule has 0 N–H and O–H groups in total. The largest absolute Gasteiger partial charge is 0.485 e. The molecule has 1 fully saturated rings. The van der Waals surface area contributed by atoms with Crippen LogP contribution in [0.1, 0.15) is 6.42 Å². The topological polar surface area (TPSA) is 48.0 Å². The van der Waals surface area contributed by atoms with Crippen LogP contribution < -0.4 is 9.47 Å². The number of hydrogen-bond acceptors (Lipinski definition) is 4. The summed E-state index contributed by atoms with van der Waals surface area (Å²) in [4.78, 5) is 14.1. The molecule has 0 saturated carbocycles. The SMILES string of the molecule is COC1CCN(C(=O)C2COc3ccccc3O2)C1. The highest BCUT2D eigenvalue weighted by molar-refractivity contribution is 5.82. The molecule has 0 radical (unpaired) electrons. The van der Waals surface area contributed by atoms with E-state index >= 15 is 0 Å². The molecule has 0 aliphatic carbocycles. The number of carbonyl (C=O) groups excluding carboxylic acids is 1. The van der Waals surface area contributed by atoms with Crippen molar-refractivity contribution in [3.8, 4) is 11.5 Å². The minimum absolute atomic E-state index is 0.0194. The van der Waals surface area contributed by atoms with Gasteiger partial charge in [0, 0.05) is 20.2 Å². The number of fused-ring (bicyclic) bond motifs is 1. The summed E-state index contributed by atoms with van der Waals surface area (Å²) in [6.07, 6.45) is 0.470. The number of methoxy groups -OCH3 is 1. The summed E-state index contributed by atoms with van der Waals surface area (Å²) in [6.45, 7) is 1.62. The quantitative estimate of drug-likeness (QED) is 0.801. The molecule has 0 bridgehead atoms. The fourth-order valence-electron chi connectivity index (χ4n) is 2.47. The lowest BCUT2D eigenvalue weighted by Crippen LogP contribution is -2.45. The molecule has 5 nitrogen and oxygen atoms in total. The third kappa shape index (κ3) is 2.38. The monoisotopic (exact) mass is 263 g/mol. The highest BCUT2D eigenvalue weighted by Gasteiger charge is 2.34. The Morgan fingerprint density at radius 2 is 2.16 bits per heavy atom. The molecular weight excluding hydrogens is 246 g/mol. The molecule has 2 aliphatic heterocycles. The summed E-state index contributed by atoms with van der Waals surface area (Å²) in [5.74, 6) is 1.31. The minimum Gasteiger partial charge on any atom is -0.485 e. The molecular formula is C14H17NO4. The average molecular weight is 263 g/mol. The zero-order valence-corrected chi connectivity index (χ0v) is 10.9. The number of benzene rings is 1. The van der Waals surface area contributed by atoms with Crippen LogP contribution in [0.3, 0.4) is 0 Å². The van der Waals surface area contributed by atoms with Gasteiger partial charge in [-0.3, -0.25) is 4.79 Å². The minimum atomic E-state index is -0.550. The number of hydrogen-bond donors (Lipinski definition) is 0. The molecule has 0 aromatic heterocycles. The summed E-state index contributed by atoms with van der Waals surface area (Å²) in [6, 6.07) is 7.41. The Bertz CT molecular complexity index is 476. The standard InChI is InChI=1S/C14H17NO4/c1-17-10-6-7-15(8-10)14(16)13-9-18-11-4-2-3-5-12(11)19-13/h2-5,10,13H,6-9H2,1H3. The number of amides is 1. The Hall–Kier alpha value is -1.75. The van der Waals surface area contributed by atoms with Gasteiger partial charge in [0.2, 0.25) is 6.10 Å². The normalized spacial score (nSPS) is 25.4. The van der Waals surface area contributed by atoms with Crippen molar-refractivity contribution in [2.75, 3.05) is 26.8 Å². The fraction of sp³-hybridized carbons (Fsp3) is 0.500. The van der Waals surface area contributed by atoms with E-state index in [0.29, 0.717) is 18.0 Å². The molecule has 5 heteroatoms. The summed E-state index contributed by atoms with van der Waals surface area (Å²) >= 11 is 0. The highest BCUT2D eigenvalue weighted by Crippen LogP contribution is 2.31. The van der Waals surface area contributed by atoms with E-state index < -0.39 is 6.10 Å². The van der Waals surface area contributed by atoms with Crippen molar-refractivity contribution in [3.05, 3.63) is 24.3 Å². The van der Waals surface area contributed by atoms with E-state index in [1.54, 1.807) is 12.0 Å². The van der Waals surface area contributed by atoms with Crippen LogP contribution in [0.2, 0.25) is 0 Å². The van der Waals surface area contributed by atoms with Gasteiger partial charge >= 0.3 is 0 Å². The number of rotatable bonds is 2. The number of ether oxygens (including phenoxy) is 3. The highest BCUT2D eigenvalue weighted by atomic mass is 16.6. The summed E-state index contributed by atoms with van der Waals surface area (Å²) < 4.78 is 16.6. The van der Waals surface area contributed by atoms with E-state index in [1.807, 2.05) is 24.3 Å². The first-order chi connectivity index (χ1) is 9.28. The maximum atomic E-state index is 12.3. The van der Waals surface area contributed by atoms with Crippen molar-refractivity contribution in [3.63, 3.8) is 0 Å². The third-order valence-corrected chi connectivity index (χ3v) is 3.57. The molecule has 2 heterocycles. The first-order valence-corrected chi connectivity index (χ1v) is 6.48. The van der Waals surface area contributed by atoms with E-state index in [-0.39, 0.29) is 18.6 Å². The lowest BCUT2D eigenvalue weighted by molar-refractivity contribution is -0.140. The molecule has 0 spiro atoms. The number of nitrogens with zero attached hydrogens (tertiary/aromatic N) is 1. The predicted molar refractivity (Wildman–Crippen MR) is 68.3 cm³/mol. The lowest BCUT2D eigenvalue weighted by atomic mass is 10.2. The lowest BCUT2D eigenvalue weighted by Gasteiger charge is -2.28. The van der Waals surface area contributed by atoms with Crippen LogP contribution >= 0.6 is 0 Å². The van der Waals surface area contributed by atoms with Gasteiger partial charge in [-0.05, 0) is 18.6 Å². The van der Waals surface area contributed by atoms with Gasteiger partial charge in [-0.25, -0.2) is 0 Å². The number of para-hydroxylation sites is 2. The van der Waals surface area contributed by atoms with Crippen LogP contribution in [0.25, 0.3) is 0 Å². The first-order valence-electron chi connectivity index (χ1n) is 6.48. The Morgan fingerprint density at radius 3 is 2.89 bits per heavy atom. The zero-order chi connectivity index (χ0) is 13.2. The van der Waals surface area contributed by atoms with E-state index in [2.05, 4.69) is 0 Å². The van der Waals surface area contributed by atoms with Gasteiger partial charge in [-0.15, -0.1) is 0 Å². The molecule has 2 aliphatic rings. The van der Waals surface area contributed by atoms with Crippen LogP contribution in [-0.4, -0.2) is 49.8 Å². The first kappa shape index (κ1) is 12.3. The van der Waals surface area contributed by atoms with Gasteiger partial charge in [0.05, 0.1) is 6.10 Å². The van der Waals surface area contributed by atoms with Crippen molar-refractivity contribution in [1.29, 1.82) is 0 Å². The van der Waals surface area contributed by atoms with Crippen LogP contribution in [0.5, 0.6) is 11.5 Å². The van der Waals surface area contributed by atoms with Crippen molar-refractivity contribution in [2.24, 2.45) is 0 Å². The Kier molecular flexibility index (Phi) is 3.29. The van der Waals surface area contributed by atoms with Crippen LogP contribution in [-0.2, 0) is 9.53 Å². The number of likely N-dealkylation sites (tertiary alicyclic amines) is 1. The smallest absolute Gasteiger partial charge is 0.267 e. The molecule has 19 heavy (non-hydrogen) atoms. The maximum Gasteiger partial charge on any atom is 0.267 e. The van der Waals surface area contributed by atoms with Crippen molar-refractivity contribution in [2.45, 2.75) is 18.6 Å².